The predicted molar refractivity (Wildman–Crippen MR) is 40.8 cm³/mol. The van der Waals surface area contributed by atoms with Crippen molar-refractivity contribution in [3.05, 3.63) is 0 Å². The first kappa shape index (κ1) is 8.09. The van der Waals surface area contributed by atoms with Crippen LogP contribution in [0.15, 0.2) is 0 Å². The summed E-state index contributed by atoms with van der Waals surface area (Å²) in [6.07, 6.45) is 5.88. The number of rotatable bonds is 2. The monoisotopic (exact) mass is 153 g/mol. The van der Waals surface area contributed by atoms with Gasteiger partial charge in [0.15, 0.2) is 0 Å². The molecule has 0 aromatic carbocycles. The Labute approximate surface area is 66.1 Å². The van der Waals surface area contributed by atoms with E-state index >= 15 is 0 Å². The first-order valence-corrected chi connectivity index (χ1v) is 3.65. The SMILES string of the molecule is C#CC(=O)NCC1CCOC1. The number of amides is 1. The standard InChI is InChI=1S/C8H11NO2/c1-2-8(10)9-5-7-3-4-11-6-7/h1,7H,3-6H2,(H,9,10). The van der Waals surface area contributed by atoms with E-state index in [1.54, 1.807) is 0 Å². The number of hydrogen-bond acceptors (Lipinski definition) is 2. The van der Waals surface area contributed by atoms with E-state index in [4.69, 9.17) is 11.2 Å². The van der Waals surface area contributed by atoms with Crippen molar-refractivity contribution >= 4 is 5.91 Å². The Morgan fingerprint density at radius 3 is 3.18 bits per heavy atom. The molecule has 0 spiro atoms. The fraction of sp³-hybridized carbons (Fsp3) is 0.625. The van der Waals surface area contributed by atoms with Crippen LogP contribution in [0.4, 0.5) is 0 Å². The van der Waals surface area contributed by atoms with Crippen LogP contribution in [-0.2, 0) is 9.53 Å². The Hall–Kier alpha value is -1.01. The molecular formula is C8H11NO2. The number of carbonyl (C=O) groups excluding carboxylic acids is 1. The molecule has 0 aromatic rings. The summed E-state index contributed by atoms with van der Waals surface area (Å²) in [5, 5.41) is 2.62. The summed E-state index contributed by atoms with van der Waals surface area (Å²) in [5.41, 5.74) is 0. The summed E-state index contributed by atoms with van der Waals surface area (Å²) >= 11 is 0. The molecule has 1 fully saturated rings. The largest absolute Gasteiger partial charge is 0.381 e. The number of hydrogen-bond donors (Lipinski definition) is 1. The summed E-state index contributed by atoms with van der Waals surface area (Å²) in [6.45, 7) is 2.18. The second kappa shape index (κ2) is 3.99. The Kier molecular flexibility index (Phi) is 2.94. The van der Waals surface area contributed by atoms with Gasteiger partial charge in [-0.1, -0.05) is 0 Å². The van der Waals surface area contributed by atoms with Gasteiger partial charge in [0.25, 0.3) is 5.91 Å². The van der Waals surface area contributed by atoms with E-state index in [9.17, 15) is 4.79 Å². The molecule has 1 atom stereocenters. The van der Waals surface area contributed by atoms with Crippen molar-refractivity contribution in [1.82, 2.24) is 5.32 Å². The predicted octanol–water partition coefficient (Wildman–Crippen LogP) is -0.228. The van der Waals surface area contributed by atoms with Crippen LogP contribution in [0.25, 0.3) is 0 Å². The van der Waals surface area contributed by atoms with Gasteiger partial charge in [-0.2, -0.15) is 0 Å². The fourth-order valence-corrected chi connectivity index (χ4v) is 1.03. The second-order valence-electron chi connectivity index (χ2n) is 2.58. The van der Waals surface area contributed by atoms with Crippen LogP contribution in [0.2, 0.25) is 0 Å². The molecule has 1 rings (SSSR count). The van der Waals surface area contributed by atoms with Crippen molar-refractivity contribution in [2.24, 2.45) is 5.92 Å². The van der Waals surface area contributed by atoms with Gasteiger partial charge in [-0.15, -0.1) is 6.42 Å². The Morgan fingerprint density at radius 1 is 1.82 bits per heavy atom. The lowest BCUT2D eigenvalue weighted by atomic mass is 10.1. The molecule has 3 heteroatoms. The first-order chi connectivity index (χ1) is 5.33. The highest BCUT2D eigenvalue weighted by atomic mass is 16.5. The third-order valence-corrected chi connectivity index (χ3v) is 1.71. The van der Waals surface area contributed by atoms with E-state index in [2.05, 4.69) is 5.32 Å². The van der Waals surface area contributed by atoms with Crippen molar-refractivity contribution in [1.29, 1.82) is 0 Å². The van der Waals surface area contributed by atoms with Crippen molar-refractivity contribution in [2.75, 3.05) is 19.8 Å². The van der Waals surface area contributed by atoms with Crippen molar-refractivity contribution in [3.8, 4) is 12.3 Å². The van der Waals surface area contributed by atoms with Gasteiger partial charge in [-0.05, 0) is 12.3 Å². The summed E-state index contributed by atoms with van der Waals surface area (Å²) in [4.78, 5) is 10.6. The molecule has 60 valence electrons. The van der Waals surface area contributed by atoms with Gasteiger partial charge in [-0.25, -0.2) is 0 Å². The summed E-state index contributed by atoms with van der Waals surface area (Å²) in [6, 6.07) is 0. The van der Waals surface area contributed by atoms with Crippen LogP contribution >= 0.6 is 0 Å². The normalized spacial score (nSPS) is 22.6. The molecule has 1 N–H and O–H groups in total. The molecule has 1 amide bonds. The molecule has 1 unspecified atom stereocenters. The molecule has 1 saturated heterocycles. The number of ether oxygens (including phenoxy) is 1. The molecule has 0 saturated carbocycles. The van der Waals surface area contributed by atoms with E-state index in [1.807, 2.05) is 5.92 Å². The van der Waals surface area contributed by atoms with Gasteiger partial charge in [-0.3, -0.25) is 4.79 Å². The van der Waals surface area contributed by atoms with E-state index < -0.39 is 0 Å². The molecule has 11 heavy (non-hydrogen) atoms. The van der Waals surface area contributed by atoms with E-state index in [1.165, 1.54) is 0 Å². The van der Waals surface area contributed by atoms with Gasteiger partial charge in [0.1, 0.15) is 0 Å². The second-order valence-corrected chi connectivity index (χ2v) is 2.58. The average molecular weight is 153 g/mol. The quantitative estimate of drug-likeness (QED) is 0.557. The van der Waals surface area contributed by atoms with Crippen LogP contribution < -0.4 is 5.32 Å². The molecular weight excluding hydrogens is 142 g/mol. The van der Waals surface area contributed by atoms with Crippen LogP contribution in [0.1, 0.15) is 6.42 Å². The van der Waals surface area contributed by atoms with Crippen molar-refractivity contribution < 1.29 is 9.53 Å². The lowest BCUT2D eigenvalue weighted by Crippen LogP contribution is -2.28. The average Bonchev–Trinajstić information content (AvgIpc) is 2.52. The third kappa shape index (κ3) is 2.60. The van der Waals surface area contributed by atoms with Gasteiger partial charge in [0, 0.05) is 19.1 Å². The van der Waals surface area contributed by atoms with Crippen LogP contribution in [0.3, 0.4) is 0 Å². The van der Waals surface area contributed by atoms with Gasteiger partial charge in [0.05, 0.1) is 6.61 Å². The van der Waals surface area contributed by atoms with Gasteiger partial charge < -0.3 is 10.1 Å². The molecule has 1 heterocycles. The van der Waals surface area contributed by atoms with E-state index in [-0.39, 0.29) is 5.91 Å². The smallest absolute Gasteiger partial charge is 0.295 e. The van der Waals surface area contributed by atoms with Crippen molar-refractivity contribution in [3.63, 3.8) is 0 Å². The Bertz CT molecular complexity index is 177. The molecule has 3 nitrogen and oxygen atoms in total. The fourth-order valence-electron chi connectivity index (χ4n) is 1.03. The molecule has 0 aliphatic carbocycles. The zero-order chi connectivity index (χ0) is 8.10. The van der Waals surface area contributed by atoms with Crippen LogP contribution in [0.5, 0.6) is 0 Å². The molecule has 0 bridgehead atoms. The van der Waals surface area contributed by atoms with Crippen LogP contribution in [-0.4, -0.2) is 25.7 Å². The number of nitrogens with one attached hydrogen (secondary N) is 1. The minimum absolute atomic E-state index is 0.336. The van der Waals surface area contributed by atoms with Crippen molar-refractivity contribution in [2.45, 2.75) is 6.42 Å². The lowest BCUT2D eigenvalue weighted by molar-refractivity contribution is -0.115. The molecule has 0 radical (unpaired) electrons. The maximum atomic E-state index is 10.6. The van der Waals surface area contributed by atoms with E-state index in [0.29, 0.717) is 12.5 Å². The molecule has 1 aliphatic rings. The zero-order valence-corrected chi connectivity index (χ0v) is 6.30. The minimum atomic E-state index is -0.336. The number of carbonyl (C=O) groups is 1. The highest BCUT2D eigenvalue weighted by Crippen LogP contribution is 2.10. The first-order valence-electron chi connectivity index (χ1n) is 3.65. The summed E-state index contributed by atoms with van der Waals surface area (Å²) in [5.74, 6) is 2.11. The van der Waals surface area contributed by atoms with Gasteiger partial charge >= 0.3 is 0 Å². The zero-order valence-electron chi connectivity index (χ0n) is 6.30. The minimum Gasteiger partial charge on any atom is -0.381 e. The van der Waals surface area contributed by atoms with E-state index in [0.717, 1.165) is 19.6 Å². The summed E-state index contributed by atoms with van der Waals surface area (Å²) in [7, 11) is 0. The Balaban J connectivity index is 2.12. The highest BCUT2D eigenvalue weighted by molar-refractivity contribution is 5.92. The topological polar surface area (TPSA) is 38.3 Å². The maximum Gasteiger partial charge on any atom is 0.295 e. The van der Waals surface area contributed by atoms with Gasteiger partial charge in [0.2, 0.25) is 0 Å². The summed E-state index contributed by atoms with van der Waals surface area (Å²) < 4.78 is 5.12. The van der Waals surface area contributed by atoms with Crippen LogP contribution in [0, 0.1) is 18.3 Å². The Morgan fingerprint density at radius 2 is 2.64 bits per heavy atom. The molecule has 1 aliphatic heterocycles. The maximum absolute atomic E-state index is 10.6. The third-order valence-electron chi connectivity index (χ3n) is 1.71. The molecule has 0 aromatic heterocycles. The highest BCUT2D eigenvalue weighted by Gasteiger charge is 2.15. The lowest BCUT2D eigenvalue weighted by Gasteiger charge is -2.05. The number of terminal acetylenes is 1.